The van der Waals surface area contributed by atoms with Gasteiger partial charge in [-0.15, -0.1) is 0 Å². The standard InChI is InChI=1S/C21H26FN3O/c1-3-23(4-2)19-9-11-20(12-10-19)24-13-15-25(16-14-24)21(26)17-5-7-18(22)8-6-17/h5-12H,3-4,13-16H2,1-2H3. The summed E-state index contributed by atoms with van der Waals surface area (Å²) in [5.41, 5.74) is 2.97. The van der Waals surface area contributed by atoms with Crippen LogP contribution in [0.3, 0.4) is 0 Å². The van der Waals surface area contributed by atoms with Gasteiger partial charge in [-0.05, 0) is 62.4 Å². The van der Waals surface area contributed by atoms with Crippen LogP contribution in [0.1, 0.15) is 24.2 Å². The summed E-state index contributed by atoms with van der Waals surface area (Å²) in [4.78, 5) is 19.0. The lowest BCUT2D eigenvalue weighted by atomic mass is 10.1. The van der Waals surface area contributed by atoms with Crippen LogP contribution in [0.4, 0.5) is 15.8 Å². The van der Waals surface area contributed by atoms with Crippen molar-refractivity contribution >= 4 is 17.3 Å². The van der Waals surface area contributed by atoms with E-state index in [9.17, 15) is 9.18 Å². The van der Waals surface area contributed by atoms with E-state index in [-0.39, 0.29) is 11.7 Å². The predicted octanol–water partition coefficient (Wildman–Crippen LogP) is 3.63. The van der Waals surface area contributed by atoms with Gasteiger partial charge in [0.25, 0.3) is 5.91 Å². The minimum Gasteiger partial charge on any atom is -0.372 e. The van der Waals surface area contributed by atoms with Gasteiger partial charge in [0.05, 0.1) is 0 Å². The van der Waals surface area contributed by atoms with E-state index in [1.165, 1.54) is 23.5 Å². The Kier molecular flexibility index (Phi) is 5.76. The molecule has 0 saturated carbocycles. The van der Waals surface area contributed by atoms with Crippen LogP contribution >= 0.6 is 0 Å². The van der Waals surface area contributed by atoms with E-state index >= 15 is 0 Å². The Morgan fingerprint density at radius 1 is 0.923 bits per heavy atom. The van der Waals surface area contributed by atoms with Crippen LogP contribution < -0.4 is 9.80 Å². The van der Waals surface area contributed by atoms with Crippen LogP contribution in [0.5, 0.6) is 0 Å². The third-order valence-electron chi connectivity index (χ3n) is 5.00. The van der Waals surface area contributed by atoms with E-state index in [2.05, 4.69) is 47.9 Å². The zero-order valence-corrected chi connectivity index (χ0v) is 15.5. The predicted molar refractivity (Wildman–Crippen MR) is 105 cm³/mol. The van der Waals surface area contributed by atoms with Crippen molar-refractivity contribution in [1.82, 2.24) is 4.90 Å². The first kappa shape index (κ1) is 18.2. The Balaban J connectivity index is 1.59. The SMILES string of the molecule is CCN(CC)c1ccc(N2CCN(C(=O)c3ccc(F)cc3)CC2)cc1. The molecule has 0 aliphatic carbocycles. The van der Waals surface area contributed by atoms with Gasteiger partial charge in [-0.3, -0.25) is 4.79 Å². The molecule has 0 unspecified atom stereocenters. The van der Waals surface area contributed by atoms with Gasteiger partial charge >= 0.3 is 0 Å². The van der Waals surface area contributed by atoms with Gasteiger partial charge in [0.2, 0.25) is 0 Å². The molecular weight excluding hydrogens is 329 g/mol. The summed E-state index contributed by atoms with van der Waals surface area (Å²) in [6.45, 7) is 9.28. The Morgan fingerprint density at radius 3 is 2.04 bits per heavy atom. The number of hydrogen-bond donors (Lipinski definition) is 0. The summed E-state index contributed by atoms with van der Waals surface area (Å²) in [5, 5.41) is 0. The van der Waals surface area contributed by atoms with Gasteiger partial charge in [0.1, 0.15) is 5.82 Å². The molecule has 0 spiro atoms. The van der Waals surface area contributed by atoms with Crippen molar-refractivity contribution in [2.75, 3.05) is 49.1 Å². The highest BCUT2D eigenvalue weighted by atomic mass is 19.1. The molecule has 3 rings (SSSR count). The van der Waals surface area contributed by atoms with Gasteiger partial charge in [-0.25, -0.2) is 4.39 Å². The van der Waals surface area contributed by atoms with Crippen LogP contribution in [0.25, 0.3) is 0 Å². The zero-order valence-electron chi connectivity index (χ0n) is 15.5. The van der Waals surface area contributed by atoms with Crippen LogP contribution in [0.2, 0.25) is 0 Å². The lowest BCUT2D eigenvalue weighted by Gasteiger charge is -2.36. The lowest BCUT2D eigenvalue weighted by Crippen LogP contribution is -2.48. The molecule has 0 N–H and O–H groups in total. The largest absolute Gasteiger partial charge is 0.372 e. The second-order valence-electron chi connectivity index (χ2n) is 6.47. The third-order valence-corrected chi connectivity index (χ3v) is 5.00. The fourth-order valence-corrected chi connectivity index (χ4v) is 3.41. The monoisotopic (exact) mass is 355 g/mol. The topological polar surface area (TPSA) is 26.8 Å². The number of carbonyl (C=O) groups is 1. The quantitative estimate of drug-likeness (QED) is 0.819. The van der Waals surface area contributed by atoms with Crippen LogP contribution in [0, 0.1) is 5.82 Å². The number of halogens is 1. The highest BCUT2D eigenvalue weighted by Gasteiger charge is 2.22. The Morgan fingerprint density at radius 2 is 1.50 bits per heavy atom. The second-order valence-corrected chi connectivity index (χ2v) is 6.47. The van der Waals surface area contributed by atoms with Gasteiger partial charge in [0.15, 0.2) is 0 Å². The van der Waals surface area contributed by atoms with Gasteiger partial charge in [0, 0.05) is 56.2 Å². The Hall–Kier alpha value is -2.56. The fraction of sp³-hybridized carbons (Fsp3) is 0.381. The van der Waals surface area contributed by atoms with E-state index in [4.69, 9.17) is 0 Å². The number of anilines is 2. The van der Waals surface area contributed by atoms with Crippen LogP contribution in [-0.2, 0) is 0 Å². The van der Waals surface area contributed by atoms with Crippen molar-refractivity contribution < 1.29 is 9.18 Å². The molecule has 1 amide bonds. The molecule has 0 bridgehead atoms. The Bertz CT molecular complexity index is 718. The first-order valence-corrected chi connectivity index (χ1v) is 9.27. The van der Waals surface area contributed by atoms with E-state index in [0.29, 0.717) is 18.7 Å². The lowest BCUT2D eigenvalue weighted by molar-refractivity contribution is 0.0746. The van der Waals surface area contributed by atoms with Crippen molar-refractivity contribution in [3.8, 4) is 0 Å². The number of piperazine rings is 1. The van der Waals surface area contributed by atoms with E-state index in [0.717, 1.165) is 26.2 Å². The van der Waals surface area contributed by atoms with Gasteiger partial charge < -0.3 is 14.7 Å². The van der Waals surface area contributed by atoms with E-state index in [1.807, 2.05) is 4.90 Å². The maximum atomic E-state index is 13.0. The van der Waals surface area contributed by atoms with Crippen molar-refractivity contribution in [3.05, 3.63) is 59.9 Å². The third kappa shape index (κ3) is 3.98. The second kappa shape index (κ2) is 8.21. The summed E-state index contributed by atoms with van der Waals surface area (Å²) < 4.78 is 13.0. The van der Waals surface area contributed by atoms with E-state index in [1.54, 1.807) is 12.1 Å². The molecule has 5 heteroatoms. The molecule has 4 nitrogen and oxygen atoms in total. The molecule has 0 radical (unpaired) electrons. The summed E-state index contributed by atoms with van der Waals surface area (Å²) in [6.07, 6.45) is 0. The average Bonchev–Trinajstić information content (AvgIpc) is 2.70. The summed E-state index contributed by atoms with van der Waals surface area (Å²) in [5.74, 6) is -0.346. The molecule has 0 atom stereocenters. The molecule has 26 heavy (non-hydrogen) atoms. The smallest absolute Gasteiger partial charge is 0.253 e. The summed E-state index contributed by atoms with van der Waals surface area (Å²) >= 11 is 0. The Labute approximate surface area is 154 Å². The summed E-state index contributed by atoms with van der Waals surface area (Å²) in [7, 11) is 0. The number of amides is 1. The molecule has 1 aliphatic heterocycles. The number of nitrogens with zero attached hydrogens (tertiary/aromatic N) is 3. The number of carbonyl (C=O) groups excluding carboxylic acids is 1. The molecule has 138 valence electrons. The van der Waals surface area contributed by atoms with Crippen molar-refractivity contribution in [2.45, 2.75) is 13.8 Å². The minimum atomic E-state index is -0.320. The first-order chi connectivity index (χ1) is 12.6. The zero-order chi connectivity index (χ0) is 18.5. The molecule has 0 aromatic heterocycles. The maximum Gasteiger partial charge on any atom is 0.253 e. The van der Waals surface area contributed by atoms with Gasteiger partial charge in [-0.2, -0.15) is 0 Å². The molecule has 1 heterocycles. The number of benzene rings is 2. The van der Waals surface area contributed by atoms with Gasteiger partial charge in [-0.1, -0.05) is 0 Å². The van der Waals surface area contributed by atoms with Crippen LogP contribution in [0.15, 0.2) is 48.5 Å². The fourth-order valence-electron chi connectivity index (χ4n) is 3.41. The first-order valence-electron chi connectivity index (χ1n) is 9.27. The number of rotatable bonds is 5. The minimum absolute atomic E-state index is 0.0264. The normalized spacial score (nSPS) is 14.4. The molecule has 1 aliphatic rings. The van der Waals surface area contributed by atoms with E-state index < -0.39 is 0 Å². The van der Waals surface area contributed by atoms with Crippen LogP contribution in [-0.4, -0.2) is 50.1 Å². The highest BCUT2D eigenvalue weighted by Crippen LogP contribution is 2.22. The molecule has 1 saturated heterocycles. The van der Waals surface area contributed by atoms with Crippen molar-refractivity contribution in [3.63, 3.8) is 0 Å². The van der Waals surface area contributed by atoms with Crippen molar-refractivity contribution in [1.29, 1.82) is 0 Å². The molecule has 2 aromatic rings. The summed E-state index contributed by atoms with van der Waals surface area (Å²) in [6, 6.07) is 14.4. The molecule has 2 aromatic carbocycles. The molecular formula is C21H26FN3O. The number of hydrogen-bond acceptors (Lipinski definition) is 3. The maximum absolute atomic E-state index is 13.0. The molecule has 1 fully saturated rings. The van der Waals surface area contributed by atoms with Crippen molar-refractivity contribution in [2.24, 2.45) is 0 Å². The highest BCUT2D eigenvalue weighted by molar-refractivity contribution is 5.94. The average molecular weight is 355 g/mol.